The van der Waals surface area contributed by atoms with Crippen molar-refractivity contribution in [3.05, 3.63) is 53.3 Å². The molecule has 1 N–H and O–H groups in total. The van der Waals surface area contributed by atoms with Crippen molar-refractivity contribution in [3.63, 3.8) is 0 Å². The number of aromatic amines is 1. The number of hydrogen-bond donors (Lipinski definition) is 1. The largest absolute Gasteiger partial charge is 0.339 e. The lowest BCUT2D eigenvalue weighted by Crippen LogP contribution is -2.47. The number of likely N-dealkylation sites (tertiary alicyclic amines) is 2. The SMILES string of the molecule is CCCCc1cc(C(=O)N2CCC3(CC2)CC(Cc2ccccc2)N(CC(C)C)C3=O)n[nH]1. The summed E-state index contributed by atoms with van der Waals surface area (Å²) in [5, 5.41) is 7.27. The fourth-order valence-electron chi connectivity index (χ4n) is 5.50. The van der Waals surface area contributed by atoms with Gasteiger partial charge in [-0.1, -0.05) is 57.5 Å². The number of H-pyrrole nitrogens is 1. The Morgan fingerprint density at radius 1 is 1.21 bits per heavy atom. The predicted octanol–water partition coefficient (Wildman–Crippen LogP) is 4.47. The number of benzene rings is 1. The maximum atomic E-state index is 13.7. The minimum absolute atomic E-state index is 0.0193. The second-order valence-corrected chi connectivity index (χ2v) is 10.4. The van der Waals surface area contributed by atoms with Gasteiger partial charge >= 0.3 is 0 Å². The molecule has 0 radical (unpaired) electrons. The highest BCUT2D eigenvalue weighted by Crippen LogP contribution is 2.45. The first-order chi connectivity index (χ1) is 15.9. The summed E-state index contributed by atoms with van der Waals surface area (Å²) in [5.74, 6) is 0.714. The average Bonchev–Trinajstić information content (AvgIpc) is 3.38. The van der Waals surface area contributed by atoms with E-state index in [0.717, 1.165) is 57.2 Å². The van der Waals surface area contributed by atoms with Crippen molar-refractivity contribution in [2.24, 2.45) is 11.3 Å². The van der Waals surface area contributed by atoms with E-state index in [1.165, 1.54) is 5.56 Å². The van der Waals surface area contributed by atoms with Crippen molar-refractivity contribution >= 4 is 11.8 Å². The minimum atomic E-state index is -0.330. The molecule has 2 aliphatic rings. The van der Waals surface area contributed by atoms with E-state index in [4.69, 9.17) is 0 Å². The first-order valence-corrected chi connectivity index (χ1v) is 12.6. The lowest BCUT2D eigenvalue weighted by Gasteiger charge is -2.37. The standard InChI is InChI=1S/C27H38N4O2/c1-4-5-11-22-17-24(29-28-22)25(32)30-14-12-27(13-15-30)18-23(16-21-9-7-6-8-10-21)31(26(27)33)19-20(2)3/h6-10,17,20,23H,4-5,11-16,18-19H2,1-3H3,(H,28,29). The Hall–Kier alpha value is -2.63. The molecule has 6 heteroatoms. The van der Waals surface area contributed by atoms with Gasteiger partial charge in [0.05, 0.1) is 5.41 Å². The molecule has 3 heterocycles. The summed E-state index contributed by atoms with van der Waals surface area (Å²) in [6.07, 6.45) is 6.39. The lowest BCUT2D eigenvalue weighted by molar-refractivity contribution is -0.139. The molecule has 2 fully saturated rings. The lowest BCUT2D eigenvalue weighted by atomic mass is 9.75. The summed E-state index contributed by atoms with van der Waals surface area (Å²) < 4.78 is 0. The molecular formula is C27H38N4O2. The zero-order valence-corrected chi connectivity index (χ0v) is 20.3. The molecule has 0 bridgehead atoms. The van der Waals surface area contributed by atoms with Gasteiger partial charge in [-0.15, -0.1) is 0 Å². The Morgan fingerprint density at radius 2 is 1.94 bits per heavy atom. The van der Waals surface area contributed by atoms with E-state index in [1.807, 2.05) is 17.0 Å². The fraction of sp³-hybridized carbons (Fsp3) is 0.593. The molecule has 6 nitrogen and oxygen atoms in total. The first-order valence-electron chi connectivity index (χ1n) is 12.6. The predicted molar refractivity (Wildman–Crippen MR) is 130 cm³/mol. The van der Waals surface area contributed by atoms with Crippen LogP contribution in [0.15, 0.2) is 36.4 Å². The van der Waals surface area contributed by atoms with E-state index in [9.17, 15) is 9.59 Å². The third-order valence-electron chi connectivity index (χ3n) is 7.32. The number of nitrogens with one attached hydrogen (secondary N) is 1. The minimum Gasteiger partial charge on any atom is -0.339 e. The fourth-order valence-corrected chi connectivity index (χ4v) is 5.50. The summed E-state index contributed by atoms with van der Waals surface area (Å²) in [5.41, 5.74) is 2.47. The number of carbonyl (C=O) groups is 2. The number of nitrogens with zero attached hydrogens (tertiary/aromatic N) is 3. The van der Waals surface area contributed by atoms with Gasteiger partial charge in [-0.3, -0.25) is 14.7 Å². The van der Waals surface area contributed by atoms with E-state index < -0.39 is 0 Å². The van der Waals surface area contributed by atoms with Crippen molar-refractivity contribution in [2.45, 2.75) is 71.8 Å². The molecule has 1 aromatic heterocycles. The van der Waals surface area contributed by atoms with Gasteiger partial charge < -0.3 is 9.80 Å². The van der Waals surface area contributed by atoms with Gasteiger partial charge in [-0.2, -0.15) is 5.10 Å². The van der Waals surface area contributed by atoms with Crippen molar-refractivity contribution in [2.75, 3.05) is 19.6 Å². The normalized spacial score (nSPS) is 20.2. The molecule has 4 rings (SSSR count). The van der Waals surface area contributed by atoms with Crippen molar-refractivity contribution in [1.82, 2.24) is 20.0 Å². The van der Waals surface area contributed by atoms with Crippen molar-refractivity contribution in [1.29, 1.82) is 0 Å². The summed E-state index contributed by atoms with van der Waals surface area (Å²) in [6, 6.07) is 12.6. The van der Waals surface area contributed by atoms with Gasteiger partial charge in [0.15, 0.2) is 0 Å². The number of amides is 2. The molecule has 0 aliphatic carbocycles. The molecular weight excluding hydrogens is 412 g/mol. The highest BCUT2D eigenvalue weighted by molar-refractivity contribution is 5.93. The van der Waals surface area contributed by atoms with Gasteiger partial charge in [0, 0.05) is 31.4 Å². The third kappa shape index (κ3) is 5.15. The molecule has 2 aliphatic heterocycles. The van der Waals surface area contributed by atoms with Crippen LogP contribution in [-0.4, -0.2) is 57.5 Å². The number of piperidine rings is 1. The molecule has 1 unspecified atom stereocenters. The Labute approximate surface area is 197 Å². The number of hydrogen-bond acceptors (Lipinski definition) is 3. The van der Waals surface area contributed by atoms with Gasteiger partial charge in [0.1, 0.15) is 5.69 Å². The zero-order chi connectivity index (χ0) is 23.4. The van der Waals surface area contributed by atoms with Gasteiger partial charge in [-0.05, 0) is 56.1 Å². The second kappa shape index (κ2) is 10.1. The number of carbonyl (C=O) groups excluding carboxylic acids is 2. The Bertz CT molecular complexity index is 944. The number of rotatable bonds is 8. The highest BCUT2D eigenvalue weighted by atomic mass is 16.2. The van der Waals surface area contributed by atoms with Crippen molar-refractivity contribution < 1.29 is 9.59 Å². The molecule has 1 spiro atoms. The second-order valence-electron chi connectivity index (χ2n) is 10.4. The van der Waals surface area contributed by atoms with Gasteiger partial charge in [0.25, 0.3) is 5.91 Å². The van der Waals surface area contributed by atoms with Crippen LogP contribution < -0.4 is 0 Å². The number of unbranched alkanes of at least 4 members (excludes halogenated alkanes) is 1. The van der Waals surface area contributed by atoms with Crippen LogP contribution in [0.25, 0.3) is 0 Å². The van der Waals surface area contributed by atoms with Crippen LogP contribution in [0.4, 0.5) is 0 Å². The zero-order valence-electron chi connectivity index (χ0n) is 20.3. The molecule has 178 valence electrons. The molecule has 2 aromatic rings. The summed E-state index contributed by atoms with van der Waals surface area (Å²) >= 11 is 0. The van der Waals surface area contributed by atoms with Gasteiger partial charge in [0.2, 0.25) is 5.91 Å². The Kier molecular flexibility index (Phi) is 7.20. The van der Waals surface area contributed by atoms with E-state index >= 15 is 0 Å². The van der Waals surface area contributed by atoms with Crippen LogP contribution in [0.2, 0.25) is 0 Å². The molecule has 0 saturated carbocycles. The number of aryl methyl sites for hydroxylation is 1. The molecule has 1 aromatic carbocycles. The average molecular weight is 451 g/mol. The Morgan fingerprint density at radius 3 is 2.61 bits per heavy atom. The molecule has 33 heavy (non-hydrogen) atoms. The maximum absolute atomic E-state index is 13.7. The molecule has 2 saturated heterocycles. The van der Waals surface area contributed by atoms with E-state index in [2.05, 4.69) is 60.1 Å². The summed E-state index contributed by atoms with van der Waals surface area (Å²) in [4.78, 5) is 30.7. The quantitative estimate of drug-likeness (QED) is 0.645. The van der Waals surface area contributed by atoms with Crippen LogP contribution in [0, 0.1) is 11.3 Å². The maximum Gasteiger partial charge on any atom is 0.274 e. The van der Waals surface area contributed by atoms with Crippen LogP contribution in [-0.2, 0) is 17.6 Å². The smallest absolute Gasteiger partial charge is 0.274 e. The van der Waals surface area contributed by atoms with E-state index in [0.29, 0.717) is 30.6 Å². The first kappa shape index (κ1) is 23.5. The van der Waals surface area contributed by atoms with Crippen molar-refractivity contribution in [3.8, 4) is 0 Å². The monoisotopic (exact) mass is 450 g/mol. The van der Waals surface area contributed by atoms with Crippen LogP contribution in [0.5, 0.6) is 0 Å². The molecule has 2 amide bonds. The van der Waals surface area contributed by atoms with E-state index in [1.54, 1.807) is 0 Å². The summed E-state index contributed by atoms with van der Waals surface area (Å²) in [6.45, 7) is 8.55. The third-order valence-corrected chi connectivity index (χ3v) is 7.32. The van der Waals surface area contributed by atoms with Crippen LogP contribution in [0.3, 0.4) is 0 Å². The van der Waals surface area contributed by atoms with Gasteiger partial charge in [-0.25, -0.2) is 0 Å². The Balaban J connectivity index is 1.43. The van der Waals surface area contributed by atoms with E-state index in [-0.39, 0.29) is 17.4 Å². The van der Waals surface area contributed by atoms with Crippen LogP contribution in [0.1, 0.15) is 74.6 Å². The highest BCUT2D eigenvalue weighted by Gasteiger charge is 2.52. The summed E-state index contributed by atoms with van der Waals surface area (Å²) in [7, 11) is 0. The topological polar surface area (TPSA) is 69.3 Å². The molecule has 1 atom stereocenters. The van der Waals surface area contributed by atoms with Crippen LogP contribution >= 0.6 is 0 Å². The number of aromatic nitrogens is 2.